The van der Waals surface area contributed by atoms with Crippen LogP contribution in [0.4, 0.5) is 5.69 Å². The smallest absolute Gasteiger partial charge is 0.0877 e. The van der Waals surface area contributed by atoms with Gasteiger partial charge in [-0.1, -0.05) is 6.07 Å². The molecule has 0 aliphatic carbocycles. The molecule has 1 N–H and O–H groups in total. The largest absolute Gasteiger partial charge is 0.298 e. The Hall–Kier alpha value is -1.55. The van der Waals surface area contributed by atoms with Crippen LogP contribution in [-0.2, 0) is 0 Å². The van der Waals surface area contributed by atoms with Gasteiger partial charge in [-0.3, -0.25) is 4.84 Å². The SMILES string of the molecule is ClNc1cccc(-n2nccn2)c1. The molecule has 4 nitrogen and oxygen atoms in total. The summed E-state index contributed by atoms with van der Waals surface area (Å²) in [6.07, 6.45) is 3.25. The van der Waals surface area contributed by atoms with Crippen LogP contribution < -0.4 is 4.84 Å². The van der Waals surface area contributed by atoms with Crippen LogP contribution in [0.1, 0.15) is 0 Å². The van der Waals surface area contributed by atoms with Crippen LogP contribution in [0.2, 0.25) is 0 Å². The maximum atomic E-state index is 5.46. The zero-order valence-electron chi connectivity index (χ0n) is 6.68. The lowest BCUT2D eigenvalue weighted by atomic mass is 10.3. The third kappa shape index (κ3) is 1.62. The first-order chi connectivity index (χ1) is 6.40. The van der Waals surface area contributed by atoms with Crippen molar-refractivity contribution in [3.8, 4) is 5.69 Å². The lowest BCUT2D eigenvalue weighted by Crippen LogP contribution is -1.98. The first-order valence-electron chi connectivity index (χ1n) is 3.73. The van der Waals surface area contributed by atoms with Crippen molar-refractivity contribution in [1.29, 1.82) is 0 Å². The molecule has 5 heteroatoms. The van der Waals surface area contributed by atoms with Crippen LogP contribution in [-0.4, -0.2) is 15.0 Å². The topological polar surface area (TPSA) is 42.7 Å². The van der Waals surface area contributed by atoms with Gasteiger partial charge >= 0.3 is 0 Å². The van der Waals surface area contributed by atoms with Crippen LogP contribution in [0, 0.1) is 0 Å². The average Bonchev–Trinajstić information content (AvgIpc) is 2.71. The molecular formula is C8H7ClN4. The first kappa shape index (κ1) is 8.07. The van der Waals surface area contributed by atoms with E-state index in [1.54, 1.807) is 12.4 Å². The molecule has 0 amide bonds. The highest BCUT2D eigenvalue weighted by Crippen LogP contribution is 2.13. The van der Waals surface area contributed by atoms with Gasteiger partial charge in [-0.15, -0.1) is 0 Å². The Morgan fingerprint density at radius 2 is 2.00 bits per heavy atom. The number of halogens is 1. The molecule has 2 aromatic rings. The van der Waals surface area contributed by atoms with Gasteiger partial charge in [-0.05, 0) is 18.2 Å². The van der Waals surface area contributed by atoms with Gasteiger partial charge in [0.25, 0.3) is 0 Å². The van der Waals surface area contributed by atoms with Crippen molar-refractivity contribution in [1.82, 2.24) is 15.0 Å². The fraction of sp³-hybridized carbons (Fsp3) is 0. The van der Waals surface area contributed by atoms with E-state index in [-0.39, 0.29) is 0 Å². The summed E-state index contributed by atoms with van der Waals surface area (Å²) in [6, 6.07) is 7.49. The maximum absolute atomic E-state index is 5.46. The summed E-state index contributed by atoms with van der Waals surface area (Å²) in [7, 11) is 0. The van der Waals surface area contributed by atoms with Gasteiger partial charge in [0.2, 0.25) is 0 Å². The van der Waals surface area contributed by atoms with Crippen LogP contribution in [0.3, 0.4) is 0 Å². The lowest BCUT2D eigenvalue weighted by Gasteiger charge is -2.01. The first-order valence-corrected chi connectivity index (χ1v) is 4.11. The zero-order valence-corrected chi connectivity index (χ0v) is 7.44. The van der Waals surface area contributed by atoms with Crippen LogP contribution in [0.25, 0.3) is 5.69 Å². The number of anilines is 1. The summed E-state index contributed by atoms with van der Waals surface area (Å²) >= 11 is 5.46. The van der Waals surface area contributed by atoms with Crippen LogP contribution >= 0.6 is 11.8 Å². The van der Waals surface area contributed by atoms with Gasteiger partial charge < -0.3 is 0 Å². The van der Waals surface area contributed by atoms with E-state index >= 15 is 0 Å². The number of benzene rings is 1. The molecule has 0 saturated carbocycles. The highest BCUT2D eigenvalue weighted by Gasteiger charge is 1.97. The monoisotopic (exact) mass is 194 g/mol. The van der Waals surface area contributed by atoms with E-state index in [9.17, 15) is 0 Å². The molecule has 2 rings (SSSR count). The van der Waals surface area contributed by atoms with Gasteiger partial charge in [0.1, 0.15) is 0 Å². The van der Waals surface area contributed by atoms with Crippen molar-refractivity contribution in [3.63, 3.8) is 0 Å². The molecule has 0 radical (unpaired) electrons. The van der Waals surface area contributed by atoms with E-state index in [4.69, 9.17) is 11.8 Å². The quantitative estimate of drug-likeness (QED) is 0.742. The molecule has 66 valence electrons. The predicted octanol–water partition coefficient (Wildman–Crippen LogP) is 1.83. The zero-order chi connectivity index (χ0) is 9.10. The van der Waals surface area contributed by atoms with Crippen molar-refractivity contribution in [2.24, 2.45) is 0 Å². The van der Waals surface area contributed by atoms with E-state index in [2.05, 4.69) is 15.0 Å². The molecule has 0 saturated heterocycles. The Balaban J connectivity index is 2.41. The second-order valence-electron chi connectivity index (χ2n) is 2.46. The molecule has 0 aliphatic heterocycles. The van der Waals surface area contributed by atoms with Crippen molar-refractivity contribution in [3.05, 3.63) is 36.7 Å². The van der Waals surface area contributed by atoms with Crippen molar-refractivity contribution in [2.45, 2.75) is 0 Å². The van der Waals surface area contributed by atoms with E-state index in [0.29, 0.717) is 0 Å². The molecule has 0 aliphatic rings. The standard InChI is InChI=1S/C8H7ClN4/c9-12-7-2-1-3-8(6-7)13-10-4-5-11-13/h1-6,12H. The van der Waals surface area contributed by atoms with Crippen molar-refractivity contribution >= 4 is 17.5 Å². The summed E-state index contributed by atoms with van der Waals surface area (Å²) in [5, 5.41) is 7.99. The number of rotatable bonds is 2. The summed E-state index contributed by atoms with van der Waals surface area (Å²) in [4.78, 5) is 4.06. The minimum absolute atomic E-state index is 0.816. The Morgan fingerprint density at radius 1 is 1.23 bits per heavy atom. The highest BCUT2D eigenvalue weighted by molar-refractivity contribution is 6.24. The van der Waals surface area contributed by atoms with Gasteiger partial charge in [-0.25, -0.2) is 0 Å². The predicted molar refractivity (Wildman–Crippen MR) is 50.8 cm³/mol. The molecule has 1 aromatic heterocycles. The Bertz CT molecular complexity index is 385. The fourth-order valence-electron chi connectivity index (χ4n) is 1.04. The summed E-state index contributed by atoms with van der Waals surface area (Å²) in [6.45, 7) is 0. The Labute approximate surface area is 80.2 Å². The second kappa shape index (κ2) is 3.45. The minimum Gasteiger partial charge on any atom is -0.298 e. The van der Waals surface area contributed by atoms with Crippen molar-refractivity contribution < 1.29 is 0 Å². The van der Waals surface area contributed by atoms with Crippen LogP contribution in [0.15, 0.2) is 36.7 Å². The number of aromatic nitrogens is 3. The average molecular weight is 195 g/mol. The van der Waals surface area contributed by atoms with E-state index in [1.165, 1.54) is 4.80 Å². The maximum Gasteiger partial charge on any atom is 0.0877 e. The number of hydrogen-bond donors (Lipinski definition) is 1. The summed E-state index contributed by atoms with van der Waals surface area (Å²) < 4.78 is 0. The molecule has 0 fully saturated rings. The van der Waals surface area contributed by atoms with Gasteiger partial charge in [-0.2, -0.15) is 15.0 Å². The Morgan fingerprint density at radius 3 is 2.69 bits per heavy atom. The highest BCUT2D eigenvalue weighted by atomic mass is 35.5. The number of nitrogens with one attached hydrogen (secondary N) is 1. The number of hydrogen-bond acceptors (Lipinski definition) is 3. The van der Waals surface area contributed by atoms with Gasteiger partial charge in [0.15, 0.2) is 0 Å². The molecule has 13 heavy (non-hydrogen) atoms. The molecule has 1 aromatic carbocycles. The van der Waals surface area contributed by atoms with E-state index in [1.807, 2.05) is 24.3 Å². The van der Waals surface area contributed by atoms with E-state index in [0.717, 1.165) is 11.4 Å². The minimum atomic E-state index is 0.816. The molecule has 0 bridgehead atoms. The summed E-state index contributed by atoms with van der Waals surface area (Å²) in [5.74, 6) is 0. The molecule has 0 atom stereocenters. The third-order valence-corrected chi connectivity index (χ3v) is 1.82. The third-order valence-electron chi connectivity index (χ3n) is 1.60. The lowest BCUT2D eigenvalue weighted by molar-refractivity contribution is 0.752. The second-order valence-corrected chi connectivity index (χ2v) is 2.65. The fourth-order valence-corrected chi connectivity index (χ4v) is 1.16. The van der Waals surface area contributed by atoms with Crippen molar-refractivity contribution in [2.75, 3.05) is 4.84 Å². The molecule has 1 heterocycles. The Kier molecular flexibility index (Phi) is 2.14. The molecule has 0 spiro atoms. The van der Waals surface area contributed by atoms with E-state index < -0.39 is 0 Å². The van der Waals surface area contributed by atoms with Gasteiger partial charge in [0.05, 0.1) is 23.8 Å². The molecule has 0 unspecified atom stereocenters. The normalized spacial score (nSPS) is 9.92. The number of nitrogens with zero attached hydrogens (tertiary/aromatic N) is 3. The molecular weight excluding hydrogens is 188 g/mol. The summed E-state index contributed by atoms with van der Waals surface area (Å²) in [5.41, 5.74) is 1.69. The van der Waals surface area contributed by atoms with Gasteiger partial charge in [0, 0.05) is 11.8 Å². The van der Waals surface area contributed by atoms with Crippen LogP contribution in [0.5, 0.6) is 0 Å².